The Morgan fingerprint density at radius 3 is 2.80 bits per heavy atom. The van der Waals surface area contributed by atoms with Crippen LogP contribution in [0.3, 0.4) is 0 Å². The van der Waals surface area contributed by atoms with Crippen molar-refractivity contribution in [1.82, 2.24) is 0 Å². The van der Waals surface area contributed by atoms with Crippen LogP contribution in [0.4, 0.5) is 5.69 Å². The quantitative estimate of drug-likeness (QED) is 0.823. The molecule has 6 heteroatoms. The van der Waals surface area contributed by atoms with Gasteiger partial charge in [0.25, 0.3) is 5.91 Å². The van der Waals surface area contributed by atoms with Gasteiger partial charge >= 0.3 is 5.97 Å². The van der Waals surface area contributed by atoms with Crippen molar-refractivity contribution < 1.29 is 19.4 Å². The maximum absolute atomic E-state index is 12.4. The van der Waals surface area contributed by atoms with Crippen LogP contribution < -0.4 is 10.6 Å². The molecule has 2 unspecified atom stereocenters. The summed E-state index contributed by atoms with van der Waals surface area (Å²) >= 11 is 0. The average Bonchev–Trinajstić information content (AvgIpc) is 2.47. The number of carboxylic acid groups (broad SMARTS) is 1. The van der Waals surface area contributed by atoms with Crippen LogP contribution in [-0.4, -0.2) is 43.3 Å². The van der Waals surface area contributed by atoms with E-state index in [1.54, 1.807) is 0 Å². The Morgan fingerprint density at radius 2 is 2.20 bits per heavy atom. The first-order chi connectivity index (χ1) is 9.58. The summed E-state index contributed by atoms with van der Waals surface area (Å²) < 4.78 is 5.06. The molecule has 2 rings (SSSR count). The smallest absolute Gasteiger partial charge is 0.308 e. The van der Waals surface area contributed by atoms with Gasteiger partial charge in [-0.1, -0.05) is 18.2 Å². The summed E-state index contributed by atoms with van der Waals surface area (Å²) in [6.45, 7) is 0.205. The van der Waals surface area contributed by atoms with E-state index in [-0.39, 0.29) is 19.0 Å². The van der Waals surface area contributed by atoms with E-state index in [2.05, 4.69) is 0 Å². The monoisotopic (exact) mass is 278 g/mol. The molecular weight excluding hydrogens is 260 g/mol. The lowest BCUT2D eigenvalue weighted by Crippen LogP contribution is -2.49. The molecule has 6 nitrogen and oxygen atoms in total. The Balaban J connectivity index is 2.36. The first kappa shape index (κ1) is 14.5. The molecule has 0 bridgehead atoms. The summed E-state index contributed by atoms with van der Waals surface area (Å²) in [6, 6.07) is 7.32. The third-order valence-corrected chi connectivity index (χ3v) is 3.54. The van der Waals surface area contributed by atoms with Crippen molar-refractivity contribution >= 4 is 17.6 Å². The van der Waals surface area contributed by atoms with Crippen molar-refractivity contribution in [2.45, 2.75) is 12.5 Å². The highest BCUT2D eigenvalue weighted by Gasteiger charge is 2.34. The molecule has 0 radical (unpaired) electrons. The molecule has 1 aliphatic rings. The van der Waals surface area contributed by atoms with Crippen molar-refractivity contribution in [1.29, 1.82) is 0 Å². The number of fused-ring (bicyclic) bond motifs is 1. The zero-order valence-corrected chi connectivity index (χ0v) is 11.3. The Kier molecular flexibility index (Phi) is 4.36. The van der Waals surface area contributed by atoms with Gasteiger partial charge in [0.15, 0.2) is 0 Å². The number of rotatable bonds is 4. The number of hydrogen-bond donors (Lipinski definition) is 2. The molecule has 1 aromatic carbocycles. The molecule has 3 N–H and O–H groups in total. The molecule has 0 fully saturated rings. The SMILES string of the molecule is COC(CN)C(=O)N1CC(C(=O)O)Cc2ccccc21. The molecule has 0 aromatic heterocycles. The lowest BCUT2D eigenvalue weighted by Gasteiger charge is -2.34. The minimum Gasteiger partial charge on any atom is -0.481 e. The van der Waals surface area contributed by atoms with Crippen molar-refractivity contribution in [3.05, 3.63) is 29.8 Å². The third-order valence-electron chi connectivity index (χ3n) is 3.54. The van der Waals surface area contributed by atoms with Gasteiger partial charge in [-0.05, 0) is 18.1 Å². The van der Waals surface area contributed by atoms with Crippen molar-refractivity contribution in [2.75, 3.05) is 25.1 Å². The average molecular weight is 278 g/mol. The van der Waals surface area contributed by atoms with Crippen molar-refractivity contribution in [2.24, 2.45) is 11.7 Å². The van der Waals surface area contributed by atoms with Crippen LogP contribution in [0.25, 0.3) is 0 Å². The third kappa shape index (κ3) is 2.66. The predicted molar refractivity (Wildman–Crippen MR) is 73.5 cm³/mol. The maximum atomic E-state index is 12.4. The van der Waals surface area contributed by atoms with E-state index >= 15 is 0 Å². The topological polar surface area (TPSA) is 92.9 Å². The Morgan fingerprint density at radius 1 is 1.50 bits per heavy atom. The standard InChI is InChI=1S/C14H18N2O4/c1-20-12(7-15)13(17)16-8-10(14(18)19)6-9-4-2-3-5-11(9)16/h2-5,10,12H,6-8,15H2,1H3,(H,18,19). The minimum absolute atomic E-state index is 0.0612. The van der Waals surface area contributed by atoms with Crippen LogP contribution in [-0.2, 0) is 20.7 Å². The molecule has 1 amide bonds. The normalized spacial score (nSPS) is 19.3. The summed E-state index contributed by atoms with van der Waals surface area (Å²) in [6.07, 6.45) is -0.328. The number of benzene rings is 1. The molecule has 108 valence electrons. The van der Waals surface area contributed by atoms with E-state index in [4.69, 9.17) is 10.5 Å². The highest BCUT2D eigenvalue weighted by Crippen LogP contribution is 2.30. The van der Waals surface area contributed by atoms with Crippen LogP contribution in [0.15, 0.2) is 24.3 Å². The fourth-order valence-electron chi connectivity index (χ4n) is 2.44. The van der Waals surface area contributed by atoms with Gasteiger partial charge in [0, 0.05) is 25.9 Å². The van der Waals surface area contributed by atoms with Gasteiger partial charge in [-0.25, -0.2) is 0 Å². The van der Waals surface area contributed by atoms with E-state index in [9.17, 15) is 14.7 Å². The molecule has 2 atom stereocenters. The fraction of sp³-hybridized carbons (Fsp3) is 0.429. The summed E-state index contributed by atoms with van der Waals surface area (Å²) in [5, 5.41) is 9.22. The van der Waals surface area contributed by atoms with Gasteiger partial charge in [0.1, 0.15) is 6.10 Å². The molecular formula is C14H18N2O4. The summed E-state index contributed by atoms with van der Waals surface area (Å²) in [5.41, 5.74) is 7.11. The zero-order chi connectivity index (χ0) is 14.7. The maximum Gasteiger partial charge on any atom is 0.308 e. The second-order valence-corrected chi connectivity index (χ2v) is 4.78. The Hall–Kier alpha value is -1.92. The predicted octanol–water partition coefficient (Wildman–Crippen LogP) is 0.250. The molecule has 1 heterocycles. The number of anilines is 1. The molecule has 0 spiro atoms. The van der Waals surface area contributed by atoms with Crippen LogP contribution >= 0.6 is 0 Å². The number of ether oxygens (including phenoxy) is 1. The second kappa shape index (κ2) is 6.02. The molecule has 0 saturated heterocycles. The van der Waals surface area contributed by atoms with Crippen molar-refractivity contribution in [3.8, 4) is 0 Å². The lowest BCUT2D eigenvalue weighted by molar-refractivity contribution is -0.141. The van der Waals surface area contributed by atoms with E-state index in [1.165, 1.54) is 12.0 Å². The largest absolute Gasteiger partial charge is 0.481 e. The van der Waals surface area contributed by atoms with Crippen LogP contribution in [0.1, 0.15) is 5.56 Å². The molecule has 1 aromatic rings. The van der Waals surface area contributed by atoms with Gasteiger partial charge in [-0.15, -0.1) is 0 Å². The van der Waals surface area contributed by atoms with Gasteiger partial charge in [-0.2, -0.15) is 0 Å². The van der Waals surface area contributed by atoms with Gasteiger partial charge in [0.05, 0.1) is 5.92 Å². The first-order valence-corrected chi connectivity index (χ1v) is 6.43. The lowest BCUT2D eigenvalue weighted by atomic mass is 9.92. The number of hydrogen-bond acceptors (Lipinski definition) is 4. The number of nitrogens with zero attached hydrogens (tertiary/aromatic N) is 1. The van der Waals surface area contributed by atoms with Crippen LogP contribution in [0.2, 0.25) is 0 Å². The van der Waals surface area contributed by atoms with Crippen molar-refractivity contribution in [3.63, 3.8) is 0 Å². The molecule has 0 aliphatic carbocycles. The van der Waals surface area contributed by atoms with E-state index in [0.29, 0.717) is 6.42 Å². The van der Waals surface area contributed by atoms with Gasteiger partial charge < -0.3 is 20.5 Å². The first-order valence-electron chi connectivity index (χ1n) is 6.43. The number of aliphatic carboxylic acids is 1. The Labute approximate surface area is 117 Å². The van der Waals surface area contributed by atoms with Gasteiger partial charge in [0.2, 0.25) is 0 Å². The van der Waals surface area contributed by atoms with E-state index in [1.807, 2.05) is 24.3 Å². The van der Waals surface area contributed by atoms with E-state index < -0.39 is 18.0 Å². The number of para-hydroxylation sites is 1. The number of carbonyl (C=O) groups excluding carboxylic acids is 1. The summed E-state index contributed by atoms with van der Waals surface area (Å²) in [4.78, 5) is 25.1. The number of nitrogens with two attached hydrogens (primary N) is 1. The molecule has 0 saturated carbocycles. The summed E-state index contributed by atoms with van der Waals surface area (Å²) in [5.74, 6) is -1.81. The second-order valence-electron chi connectivity index (χ2n) is 4.78. The number of amides is 1. The minimum atomic E-state index is -0.904. The zero-order valence-electron chi connectivity index (χ0n) is 11.3. The number of methoxy groups -OCH3 is 1. The number of carboxylic acids is 1. The van der Waals surface area contributed by atoms with Crippen LogP contribution in [0, 0.1) is 5.92 Å². The number of carbonyl (C=O) groups is 2. The summed E-state index contributed by atoms with van der Waals surface area (Å²) in [7, 11) is 1.42. The van der Waals surface area contributed by atoms with Gasteiger partial charge in [-0.3, -0.25) is 9.59 Å². The Bertz CT molecular complexity index is 514. The van der Waals surface area contributed by atoms with Crippen LogP contribution in [0.5, 0.6) is 0 Å². The van der Waals surface area contributed by atoms with E-state index in [0.717, 1.165) is 11.3 Å². The molecule has 1 aliphatic heterocycles. The molecule has 20 heavy (non-hydrogen) atoms. The highest BCUT2D eigenvalue weighted by molar-refractivity contribution is 5.98. The highest BCUT2D eigenvalue weighted by atomic mass is 16.5. The fourth-order valence-corrected chi connectivity index (χ4v) is 2.44.